The number of nitrogens with one attached hydrogen (secondary N) is 3. The fraction of sp³-hybridized carbons (Fsp3) is 0.125. The lowest BCUT2D eigenvalue weighted by Gasteiger charge is -2.09. The van der Waals surface area contributed by atoms with Crippen molar-refractivity contribution in [1.29, 1.82) is 5.53 Å². The maximum atomic E-state index is 11.7. The van der Waals surface area contributed by atoms with Gasteiger partial charge in [0.25, 0.3) is 5.91 Å². The average molecular weight is 321 g/mol. The van der Waals surface area contributed by atoms with Crippen LogP contribution in [0, 0.1) is 5.53 Å². The molecular weight excluding hydrogens is 306 g/mol. The second kappa shape index (κ2) is 6.78. The molecular formula is C16H15N7O. The molecule has 120 valence electrons. The zero-order chi connectivity index (χ0) is 16.9. The quantitative estimate of drug-likeness (QED) is 0.625. The van der Waals surface area contributed by atoms with Crippen LogP contribution < -0.4 is 10.6 Å². The van der Waals surface area contributed by atoms with E-state index in [-0.39, 0.29) is 23.2 Å². The number of hydrogen-bond acceptors (Lipinski definition) is 7. The van der Waals surface area contributed by atoms with Gasteiger partial charge in [0.2, 0.25) is 5.82 Å². The van der Waals surface area contributed by atoms with Crippen LogP contribution in [0.2, 0.25) is 0 Å². The van der Waals surface area contributed by atoms with Crippen LogP contribution in [0.15, 0.2) is 47.8 Å². The van der Waals surface area contributed by atoms with Gasteiger partial charge in [-0.25, -0.2) is 15.5 Å². The van der Waals surface area contributed by atoms with Crippen LogP contribution in [0.25, 0.3) is 10.9 Å². The molecule has 1 amide bonds. The van der Waals surface area contributed by atoms with Gasteiger partial charge in [0, 0.05) is 25.2 Å². The van der Waals surface area contributed by atoms with Crippen molar-refractivity contribution < 1.29 is 4.79 Å². The predicted octanol–water partition coefficient (Wildman–Crippen LogP) is 2.66. The van der Waals surface area contributed by atoms with E-state index in [1.165, 1.54) is 13.2 Å². The van der Waals surface area contributed by atoms with Crippen LogP contribution in [-0.2, 0) is 6.54 Å². The van der Waals surface area contributed by atoms with Gasteiger partial charge in [-0.3, -0.25) is 9.78 Å². The lowest BCUT2D eigenvalue weighted by molar-refractivity contribution is 0.0958. The molecule has 0 aliphatic rings. The van der Waals surface area contributed by atoms with E-state index in [1.54, 1.807) is 6.20 Å². The third-order valence-electron chi connectivity index (χ3n) is 3.45. The van der Waals surface area contributed by atoms with Crippen LogP contribution in [0.3, 0.4) is 0 Å². The minimum atomic E-state index is -0.348. The van der Waals surface area contributed by atoms with Gasteiger partial charge < -0.3 is 10.6 Å². The molecule has 0 saturated carbocycles. The molecule has 0 saturated heterocycles. The Morgan fingerprint density at radius 2 is 2.17 bits per heavy atom. The largest absolute Gasteiger partial charge is 0.363 e. The molecule has 0 radical (unpaired) electrons. The summed E-state index contributed by atoms with van der Waals surface area (Å²) < 4.78 is 0. The highest BCUT2D eigenvalue weighted by molar-refractivity contribution is 5.92. The van der Waals surface area contributed by atoms with E-state index in [0.29, 0.717) is 6.54 Å². The topological polar surface area (TPSA) is 116 Å². The highest BCUT2D eigenvalue weighted by Gasteiger charge is 2.11. The van der Waals surface area contributed by atoms with Gasteiger partial charge >= 0.3 is 0 Å². The fourth-order valence-corrected chi connectivity index (χ4v) is 2.24. The molecule has 3 rings (SSSR count). The zero-order valence-electron chi connectivity index (χ0n) is 12.9. The molecule has 24 heavy (non-hydrogen) atoms. The monoisotopic (exact) mass is 321 g/mol. The summed E-state index contributed by atoms with van der Waals surface area (Å²) in [5.74, 6) is 0.0707. The SMILES string of the molecule is CNC(=O)c1cnc(N=N)c(NCc2ccc3ncccc3c2)n1. The van der Waals surface area contributed by atoms with E-state index in [2.05, 4.69) is 30.7 Å². The molecule has 0 aliphatic heterocycles. The van der Waals surface area contributed by atoms with Crippen LogP contribution >= 0.6 is 0 Å². The van der Waals surface area contributed by atoms with E-state index >= 15 is 0 Å². The Kier molecular flexibility index (Phi) is 4.37. The summed E-state index contributed by atoms with van der Waals surface area (Å²) in [5.41, 5.74) is 9.27. The molecule has 0 spiro atoms. The van der Waals surface area contributed by atoms with Gasteiger partial charge in [0.15, 0.2) is 5.82 Å². The number of pyridine rings is 1. The van der Waals surface area contributed by atoms with E-state index < -0.39 is 0 Å². The van der Waals surface area contributed by atoms with Gasteiger partial charge in [0.05, 0.1) is 11.7 Å². The number of amides is 1. The van der Waals surface area contributed by atoms with Crippen LogP contribution in [0.5, 0.6) is 0 Å². The summed E-state index contributed by atoms with van der Waals surface area (Å²) in [5, 5.41) is 9.93. The molecule has 0 bridgehead atoms. The summed E-state index contributed by atoms with van der Waals surface area (Å²) in [7, 11) is 1.52. The van der Waals surface area contributed by atoms with E-state index in [0.717, 1.165) is 16.5 Å². The first-order valence-electron chi connectivity index (χ1n) is 7.25. The smallest absolute Gasteiger partial charge is 0.271 e. The number of carbonyl (C=O) groups is 1. The summed E-state index contributed by atoms with van der Waals surface area (Å²) in [6, 6.07) is 9.78. The molecule has 8 heteroatoms. The number of fused-ring (bicyclic) bond motifs is 1. The van der Waals surface area contributed by atoms with Gasteiger partial charge in [0.1, 0.15) is 5.69 Å². The highest BCUT2D eigenvalue weighted by atomic mass is 16.1. The summed E-state index contributed by atoms with van der Waals surface area (Å²) in [4.78, 5) is 24.1. The van der Waals surface area contributed by atoms with Crippen LogP contribution in [0.1, 0.15) is 16.1 Å². The van der Waals surface area contributed by atoms with Crippen molar-refractivity contribution >= 4 is 28.4 Å². The molecule has 2 heterocycles. The van der Waals surface area contributed by atoms with Gasteiger partial charge in [-0.15, -0.1) is 5.11 Å². The Morgan fingerprint density at radius 1 is 1.29 bits per heavy atom. The van der Waals surface area contributed by atoms with Crippen molar-refractivity contribution in [3.05, 3.63) is 54.0 Å². The Morgan fingerprint density at radius 3 is 2.96 bits per heavy atom. The second-order valence-corrected chi connectivity index (χ2v) is 5.00. The van der Waals surface area contributed by atoms with Crippen LogP contribution in [0.4, 0.5) is 11.6 Å². The van der Waals surface area contributed by atoms with Crippen molar-refractivity contribution in [3.8, 4) is 0 Å². The summed E-state index contributed by atoms with van der Waals surface area (Å²) in [6.45, 7) is 0.458. The number of hydrogen-bond donors (Lipinski definition) is 3. The number of benzene rings is 1. The minimum Gasteiger partial charge on any atom is -0.363 e. The standard InChI is InChI=1S/C16H15N7O/c1-18-16(24)13-9-21-15(23-17)14(22-13)20-8-10-4-5-12-11(7-10)3-2-6-19-12/h2-7,9,17H,8H2,1H3,(H,18,24)(H,20,22). The fourth-order valence-electron chi connectivity index (χ4n) is 2.24. The van der Waals surface area contributed by atoms with Crippen LogP contribution in [-0.4, -0.2) is 27.9 Å². The van der Waals surface area contributed by atoms with Crippen molar-refractivity contribution in [2.24, 2.45) is 5.11 Å². The Bertz CT molecular complexity index is 910. The number of aromatic nitrogens is 3. The first-order valence-corrected chi connectivity index (χ1v) is 7.25. The van der Waals surface area contributed by atoms with Gasteiger partial charge in [-0.2, -0.15) is 0 Å². The minimum absolute atomic E-state index is 0.130. The van der Waals surface area contributed by atoms with Gasteiger partial charge in [-0.1, -0.05) is 12.1 Å². The summed E-state index contributed by atoms with van der Waals surface area (Å²) >= 11 is 0. The Labute approximate surface area is 137 Å². The van der Waals surface area contributed by atoms with Crippen molar-refractivity contribution in [2.75, 3.05) is 12.4 Å². The maximum absolute atomic E-state index is 11.7. The Hall–Kier alpha value is -3.42. The first kappa shape index (κ1) is 15.5. The predicted molar refractivity (Wildman–Crippen MR) is 89.3 cm³/mol. The third-order valence-corrected chi connectivity index (χ3v) is 3.45. The third kappa shape index (κ3) is 3.17. The van der Waals surface area contributed by atoms with Crippen molar-refractivity contribution in [2.45, 2.75) is 6.54 Å². The molecule has 1 aromatic carbocycles. The lowest BCUT2D eigenvalue weighted by Crippen LogP contribution is -2.20. The molecule has 0 fully saturated rings. The molecule has 0 unspecified atom stereocenters. The average Bonchev–Trinajstić information content (AvgIpc) is 2.65. The van der Waals surface area contributed by atoms with Crippen molar-refractivity contribution in [3.63, 3.8) is 0 Å². The first-order chi connectivity index (χ1) is 11.7. The molecule has 0 aliphatic carbocycles. The molecule has 2 aromatic heterocycles. The number of carbonyl (C=O) groups excluding carboxylic acids is 1. The normalized spacial score (nSPS) is 10.4. The van der Waals surface area contributed by atoms with Crippen molar-refractivity contribution in [1.82, 2.24) is 20.3 Å². The highest BCUT2D eigenvalue weighted by Crippen LogP contribution is 2.21. The number of anilines is 1. The van der Waals surface area contributed by atoms with E-state index in [9.17, 15) is 4.79 Å². The molecule has 3 aromatic rings. The molecule has 3 N–H and O–H groups in total. The lowest BCUT2D eigenvalue weighted by atomic mass is 10.1. The maximum Gasteiger partial charge on any atom is 0.271 e. The molecule has 8 nitrogen and oxygen atoms in total. The van der Waals surface area contributed by atoms with E-state index in [4.69, 9.17) is 5.53 Å². The summed E-state index contributed by atoms with van der Waals surface area (Å²) in [6.07, 6.45) is 3.04. The number of nitrogens with zero attached hydrogens (tertiary/aromatic N) is 4. The zero-order valence-corrected chi connectivity index (χ0v) is 12.9. The van der Waals surface area contributed by atoms with E-state index in [1.807, 2.05) is 30.3 Å². The Balaban J connectivity index is 1.84. The number of rotatable bonds is 5. The molecule has 0 atom stereocenters. The second-order valence-electron chi connectivity index (χ2n) is 5.00. The van der Waals surface area contributed by atoms with Gasteiger partial charge in [-0.05, 0) is 23.8 Å².